The minimum absolute atomic E-state index is 0.0756. The van der Waals surface area contributed by atoms with E-state index in [9.17, 15) is 28.1 Å². The Balaban J connectivity index is 0.000000221. The third kappa shape index (κ3) is 13.6. The molecule has 0 saturated carbocycles. The van der Waals surface area contributed by atoms with E-state index in [-0.39, 0.29) is 57.6 Å². The highest BCUT2D eigenvalue weighted by Gasteiger charge is 2.35. The minimum atomic E-state index is -2.61. The number of hydrogen-bond donors (Lipinski definition) is 1. The summed E-state index contributed by atoms with van der Waals surface area (Å²) in [7, 11) is 4.76. The Hall–Kier alpha value is -6.14. The number of nitrogens with one attached hydrogen (secondary N) is 1. The second-order valence-corrected chi connectivity index (χ2v) is 25.3. The number of ether oxygens (including phenoxy) is 7. The molecule has 74 heavy (non-hydrogen) atoms. The number of benzene rings is 2. The van der Waals surface area contributed by atoms with E-state index in [1.165, 1.54) is 34.6 Å². The van der Waals surface area contributed by atoms with Gasteiger partial charge in [0.25, 0.3) is 11.8 Å². The zero-order chi connectivity index (χ0) is 53.4. The fourth-order valence-corrected chi connectivity index (χ4v) is 9.56. The molecule has 0 aliphatic carbocycles. The maximum atomic E-state index is 13.6. The van der Waals surface area contributed by atoms with Crippen molar-refractivity contribution in [3.63, 3.8) is 0 Å². The standard InChI is InChI=1S/C28H36ClF2N5O4Si.C22H22ClF2N5O3/c1-37-22-14-20(21(29)15-23(22)38-2)25-24-19(16-32)17-36(18-39-12-13-41(3,4)5)26(24)34-27(33-25)40-11-10-35-8-6-28(30,31)7-9-35;1-31-16-9-14(15(23)10-17(16)32-2)19-18-13(11-26)12-27-20(18)29-21(28-19)33-8-7-30-5-3-22(24,25)4-6-30/h14-15,17H,6-13,18H2,1-5H3;9-10,12H,3-8H2,1-2H3,(H,27,28,29). The summed E-state index contributed by atoms with van der Waals surface area (Å²) in [6.45, 7) is 10.2. The van der Waals surface area contributed by atoms with Crippen LogP contribution in [0.5, 0.6) is 35.0 Å². The average molecular weight is 1090 g/mol. The van der Waals surface area contributed by atoms with E-state index in [1.54, 1.807) is 35.0 Å². The molecule has 2 saturated heterocycles. The molecule has 0 amide bonds. The lowest BCUT2D eigenvalue weighted by Crippen LogP contribution is -2.41. The quantitative estimate of drug-likeness (QED) is 0.0457. The van der Waals surface area contributed by atoms with Gasteiger partial charge in [0.1, 0.15) is 37.7 Å². The van der Waals surface area contributed by atoms with Gasteiger partial charge < -0.3 is 42.7 Å². The van der Waals surface area contributed by atoms with Gasteiger partial charge in [0.2, 0.25) is 0 Å². The SMILES string of the molecule is COc1cc(Cl)c(-c2nc(OCCN3CCC(F)(F)CC3)nc3[nH]cc(C#N)c23)cc1OC.COc1cc(Cl)c(-c2nc(OCCN3CCC(F)(F)CC3)nc3c2c(C#N)cn3COCC[Si](C)(C)C)cc1OC. The van der Waals surface area contributed by atoms with E-state index in [0.29, 0.717) is 135 Å². The van der Waals surface area contributed by atoms with Gasteiger partial charge in [-0.05, 0) is 18.2 Å². The van der Waals surface area contributed by atoms with Crippen molar-refractivity contribution in [3.8, 4) is 69.7 Å². The summed E-state index contributed by atoms with van der Waals surface area (Å²) in [4.78, 5) is 25.0. The molecule has 2 aromatic carbocycles. The van der Waals surface area contributed by atoms with E-state index in [4.69, 9.17) is 56.4 Å². The number of nitriles is 2. The third-order valence-corrected chi connectivity index (χ3v) is 14.9. The van der Waals surface area contributed by atoms with Gasteiger partial charge in [-0.3, -0.25) is 9.80 Å². The summed E-state index contributed by atoms with van der Waals surface area (Å²) < 4.78 is 94.8. The van der Waals surface area contributed by atoms with Crippen LogP contribution < -0.4 is 28.4 Å². The Labute approximate surface area is 437 Å². The molecule has 2 fully saturated rings. The van der Waals surface area contributed by atoms with Gasteiger partial charge in [-0.15, -0.1) is 0 Å². The van der Waals surface area contributed by atoms with Crippen LogP contribution in [-0.2, 0) is 11.5 Å². The van der Waals surface area contributed by atoms with Crippen molar-refractivity contribution in [1.29, 1.82) is 10.5 Å². The normalized spacial score (nSPS) is 15.7. The number of methoxy groups -OCH3 is 4. The largest absolute Gasteiger partial charge is 0.493 e. The highest BCUT2D eigenvalue weighted by molar-refractivity contribution is 6.76. The van der Waals surface area contributed by atoms with Crippen molar-refractivity contribution < 1.29 is 50.7 Å². The lowest BCUT2D eigenvalue weighted by atomic mass is 10.1. The predicted octanol–water partition coefficient (Wildman–Crippen LogP) is 10.3. The molecule has 0 spiro atoms. The Kier molecular flexibility index (Phi) is 18.1. The molecule has 2 aliphatic heterocycles. The van der Waals surface area contributed by atoms with Crippen LogP contribution in [0.25, 0.3) is 44.6 Å². The van der Waals surface area contributed by atoms with Gasteiger partial charge in [-0.1, -0.05) is 42.8 Å². The summed E-state index contributed by atoms with van der Waals surface area (Å²) in [5.41, 5.74) is 3.40. The maximum Gasteiger partial charge on any atom is 0.319 e. The van der Waals surface area contributed by atoms with E-state index in [0.717, 1.165) is 6.04 Å². The molecule has 0 radical (unpaired) electrons. The number of alkyl halides is 4. The van der Waals surface area contributed by atoms with E-state index < -0.39 is 19.9 Å². The summed E-state index contributed by atoms with van der Waals surface area (Å²) >= 11 is 13.2. The molecule has 396 valence electrons. The number of H-pyrrole nitrogens is 1. The van der Waals surface area contributed by atoms with Crippen molar-refractivity contribution in [2.45, 2.75) is 69.9 Å². The van der Waals surface area contributed by atoms with Crippen LogP contribution in [0.15, 0.2) is 36.7 Å². The highest BCUT2D eigenvalue weighted by atomic mass is 35.5. The van der Waals surface area contributed by atoms with Crippen LogP contribution >= 0.6 is 23.2 Å². The predicted molar refractivity (Wildman–Crippen MR) is 274 cm³/mol. The Morgan fingerprint density at radius 3 is 1.57 bits per heavy atom. The third-order valence-electron chi connectivity index (χ3n) is 12.6. The Bertz CT molecular complexity index is 3020. The number of hydrogen-bond acceptors (Lipinski definition) is 15. The number of halogens is 6. The molecular weight excluding hydrogens is 1030 g/mol. The minimum Gasteiger partial charge on any atom is -0.493 e. The Morgan fingerprint density at radius 2 is 1.11 bits per heavy atom. The van der Waals surface area contributed by atoms with Crippen molar-refractivity contribution in [2.75, 3.05) is 87.5 Å². The molecule has 6 heterocycles. The molecule has 4 aromatic heterocycles. The lowest BCUT2D eigenvalue weighted by Gasteiger charge is -2.31. The second kappa shape index (κ2) is 24.0. The number of likely N-dealkylation sites (tertiary alicyclic amines) is 2. The smallest absolute Gasteiger partial charge is 0.319 e. The molecule has 0 atom stereocenters. The molecule has 0 unspecified atom stereocenters. The first kappa shape index (κ1) is 55.6. The van der Waals surface area contributed by atoms with E-state index in [1.807, 2.05) is 9.80 Å². The summed E-state index contributed by atoms with van der Waals surface area (Å²) in [5, 5.41) is 21.2. The number of aromatic amines is 1. The first-order valence-electron chi connectivity index (χ1n) is 23.8. The van der Waals surface area contributed by atoms with Gasteiger partial charge in [0.15, 0.2) is 28.6 Å². The van der Waals surface area contributed by atoms with E-state index in [2.05, 4.69) is 56.7 Å². The highest BCUT2D eigenvalue weighted by Crippen LogP contribution is 2.43. The van der Waals surface area contributed by atoms with Gasteiger partial charge in [0, 0.05) is 115 Å². The van der Waals surface area contributed by atoms with Crippen LogP contribution in [0.4, 0.5) is 17.6 Å². The number of aromatic nitrogens is 6. The molecule has 8 rings (SSSR count). The van der Waals surface area contributed by atoms with Gasteiger partial charge in [-0.2, -0.15) is 30.5 Å². The number of fused-ring (bicyclic) bond motifs is 2. The van der Waals surface area contributed by atoms with E-state index >= 15 is 0 Å². The molecule has 17 nitrogen and oxygen atoms in total. The topological polar surface area (TPSA) is 191 Å². The molecule has 24 heteroatoms. The number of rotatable bonds is 19. The second-order valence-electron chi connectivity index (χ2n) is 18.9. The van der Waals surface area contributed by atoms with Crippen molar-refractivity contribution in [2.24, 2.45) is 0 Å². The van der Waals surface area contributed by atoms with Crippen LogP contribution in [0.3, 0.4) is 0 Å². The molecule has 0 bridgehead atoms. The van der Waals surface area contributed by atoms with Crippen LogP contribution in [0.2, 0.25) is 35.7 Å². The summed E-state index contributed by atoms with van der Waals surface area (Å²) in [6.07, 6.45) is 2.58. The number of piperidine rings is 2. The van der Waals surface area contributed by atoms with Crippen LogP contribution in [-0.4, -0.2) is 147 Å². The van der Waals surface area contributed by atoms with Gasteiger partial charge in [0.05, 0.1) is 71.8 Å². The van der Waals surface area contributed by atoms with Crippen molar-refractivity contribution in [3.05, 3.63) is 57.8 Å². The first-order valence-corrected chi connectivity index (χ1v) is 28.2. The van der Waals surface area contributed by atoms with Gasteiger partial charge >= 0.3 is 12.0 Å². The van der Waals surface area contributed by atoms with Gasteiger partial charge in [-0.25, -0.2) is 17.6 Å². The molecule has 1 N–H and O–H groups in total. The summed E-state index contributed by atoms with van der Waals surface area (Å²) in [6, 6.07) is 12.1. The maximum absolute atomic E-state index is 13.6. The zero-order valence-corrected chi connectivity index (χ0v) is 44.7. The fourth-order valence-electron chi connectivity index (χ4n) is 8.32. The molecule has 2 aliphatic rings. The zero-order valence-electron chi connectivity index (χ0n) is 42.2. The molecular formula is C50H58Cl2F4N10O7Si. The summed E-state index contributed by atoms with van der Waals surface area (Å²) in [5.74, 6) is -3.41. The van der Waals surface area contributed by atoms with Crippen molar-refractivity contribution in [1.82, 2.24) is 39.3 Å². The lowest BCUT2D eigenvalue weighted by molar-refractivity contribution is -0.0570. The van der Waals surface area contributed by atoms with Crippen LogP contribution in [0.1, 0.15) is 36.8 Å². The van der Waals surface area contributed by atoms with Crippen LogP contribution in [0, 0.1) is 22.7 Å². The first-order chi connectivity index (χ1) is 35.3. The monoisotopic (exact) mass is 1080 g/mol. The molecule has 6 aromatic rings. The van der Waals surface area contributed by atoms with Crippen molar-refractivity contribution >= 4 is 53.3 Å². The average Bonchev–Trinajstić information content (AvgIpc) is 3.96. The number of nitrogens with zero attached hydrogens (tertiary/aromatic N) is 9. The fraction of sp³-hybridized carbons (Fsp3) is 0.480. The Morgan fingerprint density at radius 1 is 0.649 bits per heavy atom.